The minimum absolute atomic E-state index is 3.39. The maximum absolute atomic E-state index is 17.4. The zero-order chi connectivity index (χ0) is 64.2. The van der Waals surface area contributed by atoms with Crippen LogP contribution in [0.5, 0.6) is 0 Å². The highest BCUT2D eigenvalue weighted by Crippen LogP contribution is 2.44. The Bertz CT molecular complexity index is 3590. The van der Waals surface area contributed by atoms with Crippen molar-refractivity contribution >= 4 is 28.8 Å². The highest BCUT2D eigenvalue weighted by molar-refractivity contribution is 7.20. The maximum atomic E-state index is 17.4. The van der Waals surface area contributed by atoms with Crippen LogP contribution < -0.4 is 20.7 Å². The number of hydrogen-bond acceptors (Lipinski definition) is 0. The van der Waals surface area contributed by atoms with Crippen molar-refractivity contribution in [3.05, 3.63) is 209 Å². The van der Waals surface area contributed by atoms with E-state index in [4.69, 9.17) is 0 Å². The van der Waals surface area contributed by atoms with Crippen LogP contribution in [-0.4, -0.2) is 8.07 Å². The van der Waals surface area contributed by atoms with Gasteiger partial charge in [-0.25, -0.2) is 158 Å². The monoisotopic (exact) mass is 1290 g/mol. The molecule has 0 heterocycles. The number of benzene rings is 8. The predicted molar refractivity (Wildman–Crippen MR) is 210 cm³/mol. The Morgan fingerprint density at radius 3 is 0.259 bits per heavy atom. The molecule has 37 heteroatoms. The molecule has 8 aromatic rings. The van der Waals surface area contributed by atoms with Crippen LogP contribution in [0.15, 0.2) is 0 Å². The molecule has 0 bridgehead atoms. The van der Waals surface area contributed by atoms with E-state index in [0.717, 1.165) is 0 Å². The molecule has 0 nitrogen and oxygen atoms in total. The first kappa shape index (κ1) is 62.5. The van der Waals surface area contributed by atoms with Gasteiger partial charge in [-0.2, -0.15) is 0 Å². The molecule has 448 valence electrons. The standard InChI is InChI=1S/C48F36Si/c49-9-1(10(50)26(66)33(73)25(9)65)5-17(57)37(77)45(38(78)18(5)58)85(46-39(79)19(59)6(20(60)40(46)80)2-11(51)27(67)34(74)28(68)12(2)52,47-41(81)21(61)7(22(62)42(47)82)3-13(53)29(69)35(75)30(70)14(3)54)48-43(83)23(63)8(24(64)44(48)84)4-15(55)31(71)36(76)32(72)16(4)56. The summed E-state index contributed by atoms with van der Waals surface area (Å²) in [5, 5.41) is -17.6. The summed E-state index contributed by atoms with van der Waals surface area (Å²) < 4.78 is 566. The van der Waals surface area contributed by atoms with Gasteiger partial charge < -0.3 is 0 Å². The topological polar surface area (TPSA) is 0 Å². The quantitative estimate of drug-likeness (QED) is 0.0468. The summed E-state index contributed by atoms with van der Waals surface area (Å²) in [5.41, 5.74) is -28.1. The molecule has 0 radical (unpaired) electrons. The van der Waals surface area contributed by atoms with Gasteiger partial charge in [-0.05, 0) is 0 Å². The third-order valence-electron chi connectivity index (χ3n) is 12.4. The lowest BCUT2D eigenvalue weighted by molar-refractivity contribution is 0.379. The normalized spacial score (nSPS) is 12.0. The summed E-state index contributed by atoms with van der Waals surface area (Å²) in [6.45, 7) is 0. The van der Waals surface area contributed by atoms with Gasteiger partial charge in [0.25, 0.3) is 0 Å². The van der Waals surface area contributed by atoms with Crippen molar-refractivity contribution in [1.29, 1.82) is 0 Å². The van der Waals surface area contributed by atoms with Crippen molar-refractivity contribution in [1.82, 2.24) is 0 Å². The minimum atomic E-state index is -10.1. The summed E-state index contributed by atoms with van der Waals surface area (Å²) in [4.78, 5) is 0. The second-order valence-electron chi connectivity index (χ2n) is 16.6. The second-order valence-corrected chi connectivity index (χ2v) is 20.1. The molecule has 0 saturated heterocycles. The van der Waals surface area contributed by atoms with Gasteiger partial charge in [0.2, 0.25) is 31.3 Å². The van der Waals surface area contributed by atoms with Gasteiger partial charge in [0.15, 0.2) is 186 Å². The fourth-order valence-electron chi connectivity index (χ4n) is 8.77. The summed E-state index contributed by atoms with van der Waals surface area (Å²) in [6.07, 6.45) is 0. The lowest BCUT2D eigenvalue weighted by atomic mass is 10.0. The molecule has 0 saturated carbocycles. The van der Waals surface area contributed by atoms with Gasteiger partial charge in [0.05, 0.1) is 44.5 Å². The summed E-state index contributed by atoms with van der Waals surface area (Å²) in [7, 11) is -10.1. The van der Waals surface area contributed by atoms with Crippen LogP contribution in [0.2, 0.25) is 0 Å². The van der Waals surface area contributed by atoms with E-state index in [2.05, 4.69) is 0 Å². The molecule has 0 unspecified atom stereocenters. The molecule has 0 aliphatic heterocycles. The third-order valence-corrected chi connectivity index (χ3v) is 17.1. The summed E-state index contributed by atoms with van der Waals surface area (Å²) in [5.74, 6) is -141. The molecule has 0 aliphatic rings. The van der Waals surface area contributed by atoms with Gasteiger partial charge >= 0.3 is 0 Å². The Morgan fingerprint density at radius 2 is 0.165 bits per heavy atom. The summed E-state index contributed by atoms with van der Waals surface area (Å²) in [6, 6.07) is 0. The van der Waals surface area contributed by atoms with E-state index in [9.17, 15) is 52.7 Å². The third kappa shape index (κ3) is 8.15. The summed E-state index contributed by atoms with van der Waals surface area (Å²) >= 11 is 0. The van der Waals surface area contributed by atoms with Gasteiger partial charge in [-0.1, -0.05) is 0 Å². The molecule has 0 aromatic heterocycles. The van der Waals surface area contributed by atoms with E-state index in [0.29, 0.717) is 0 Å². The van der Waals surface area contributed by atoms with Gasteiger partial charge in [0, 0.05) is 20.7 Å². The molecule has 0 spiro atoms. The van der Waals surface area contributed by atoms with Gasteiger partial charge in [0.1, 0.15) is 0 Å². The van der Waals surface area contributed by atoms with Crippen molar-refractivity contribution in [2.24, 2.45) is 0 Å². The molecule has 0 amide bonds. The van der Waals surface area contributed by atoms with Crippen LogP contribution in [-0.2, 0) is 0 Å². The fourth-order valence-corrected chi connectivity index (χ4v) is 13.8. The second kappa shape index (κ2) is 20.9. The maximum Gasteiger partial charge on any atom is 0.208 e. The molecule has 0 fully saturated rings. The molecule has 0 atom stereocenters. The lowest BCUT2D eigenvalue weighted by Crippen LogP contribution is -2.81. The van der Waals surface area contributed by atoms with Gasteiger partial charge in [-0.3, -0.25) is 0 Å². The molecular weight excluding hydrogens is 1290 g/mol. The first-order valence-corrected chi connectivity index (χ1v) is 22.8. The number of rotatable bonds is 8. The smallest absolute Gasteiger partial charge is 0.204 e. The average molecular weight is 1290 g/mol. The number of hydrogen-bond donors (Lipinski definition) is 0. The van der Waals surface area contributed by atoms with E-state index < -0.39 is 283 Å². The first-order chi connectivity index (χ1) is 39.3. The van der Waals surface area contributed by atoms with Crippen molar-refractivity contribution in [3.63, 3.8) is 0 Å². The Balaban J connectivity index is 1.80. The van der Waals surface area contributed by atoms with E-state index in [1.807, 2.05) is 0 Å². The average Bonchev–Trinajstić information content (AvgIpc) is 0.726. The number of halogens is 36. The van der Waals surface area contributed by atoms with E-state index >= 15 is 105 Å². The Labute approximate surface area is 440 Å². The van der Waals surface area contributed by atoms with Crippen molar-refractivity contribution in [2.45, 2.75) is 0 Å². The largest absolute Gasteiger partial charge is 0.208 e. The van der Waals surface area contributed by atoms with Crippen LogP contribution in [0.25, 0.3) is 44.5 Å². The highest BCUT2D eigenvalue weighted by Gasteiger charge is 2.61. The Morgan fingerprint density at radius 1 is 0.0941 bits per heavy atom. The van der Waals surface area contributed by atoms with E-state index in [1.165, 1.54) is 0 Å². The molecule has 85 heavy (non-hydrogen) atoms. The zero-order valence-corrected chi connectivity index (χ0v) is 39.1. The molecule has 0 aliphatic carbocycles. The van der Waals surface area contributed by atoms with Crippen LogP contribution in [0.3, 0.4) is 0 Å². The van der Waals surface area contributed by atoms with Crippen LogP contribution in [0, 0.1) is 209 Å². The van der Waals surface area contributed by atoms with Crippen molar-refractivity contribution < 1.29 is 158 Å². The minimum Gasteiger partial charge on any atom is -0.204 e. The van der Waals surface area contributed by atoms with E-state index in [1.54, 1.807) is 0 Å². The molecule has 8 rings (SSSR count). The zero-order valence-electron chi connectivity index (χ0n) is 38.1. The molecular formula is C48F36Si. The van der Waals surface area contributed by atoms with Crippen molar-refractivity contribution in [3.8, 4) is 44.5 Å². The Hall–Kier alpha value is -8.54. The van der Waals surface area contributed by atoms with Gasteiger partial charge in [-0.15, -0.1) is 0 Å². The molecule has 0 N–H and O–H groups in total. The lowest BCUT2D eigenvalue weighted by Gasteiger charge is -2.37. The fraction of sp³-hybridized carbons (Fsp3) is 0. The van der Waals surface area contributed by atoms with Crippen molar-refractivity contribution in [2.75, 3.05) is 0 Å². The SMILES string of the molecule is Fc1c(F)c(F)c(-c2c(F)c(F)c([Si](c3c(F)c(F)c(-c4c(F)c(F)c(F)c(F)c4F)c(F)c3F)(c3c(F)c(F)c(-c4c(F)c(F)c(F)c(F)c4F)c(F)c3F)c3c(F)c(F)c(-c4c(F)c(F)c(F)c(F)c4F)c(F)c3F)c(F)c2F)c(F)c1F. The van der Waals surface area contributed by atoms with Crippen LogP contribution in [0.1, 0.15) is 0 Å². The Kier molecular flexibility index (Phi) is 15.4. The van der Waals surface area contributed by atoms with E-state index in [-0.39, 0.29) is 0 Å². The molecule has 8 aromatic carbocycles. The van der Waals surface area contributed by atoms with Crippen LogP contribution >= 0.6 is 0 Å². The first-order valence-electron chi connectivity index (χ1n) is 20.8. The van der Waals surface area contributed by atoms with Crippen LogP contribution in [0.4, 0.5) is 158 Å². The predicted octanol–water partition coefficient (Wildman–Crippen LogP) is 14.7. The highest BCUT2D eigenvalue weighted by atomic mass is 28.3.